The number of anilines is 1. The maximum atomic E-state index is 14.0. The molecule has 0 bridgehead atoms. The van der Waals surface area contributed by atoms with E-state index in [9.17, 15) is 8.78 Å². The Morgan fingerprint density at radius 1 is 1.15 bits per heavy atom. The summed E-state index contributed by atoms with van der Waals surface area (Å²) in [5, 5.41) is 2.97. The van der Waals surface area contributed by atoms with Crippen LogP contribution in [0.4, 0.5) is 14.6 Å². The van der Waals surface area contributed by atoms with Crippen molar-refractivity contribution >= 4 is 17.0 Å². The summed E-state index contributed by atoms with van der Waals surface area (Å²) in [6.07, 6.45) is 4.53. The van der Waals surface area contributed by atoms with E-state index >= 15 is 0 Å². The summed E-state index contributed by atoms with van der Waals surface area (Å²) in [4.78, 5) is 12.0. The fourth-order valence-corrected chi connectivity index (χ4v) is 3.16. The summed E-state index contributed by atoms with van der Waals surface area (Å²) in [6, 6.07) is 6.41. The van der Waals surface area contributed by atoms with Crippen molar-refractivity contribution in [1.29, 1.82) is 0 Å². The first-order valence-corrected chi connectivity index (χ1v) is 8.71. The maximum Gasteiger partial charge on any atom is 0.312 e. The maximum absolute atomic E-state index is 14.0. The van der Waals surface area contributed by atoms with Crippen molar-refractivity contribution in [2.24, 2.45) is 0 Å². The van der Waals surface area contributed by atoms with Gasteiger partial charge in [0.25, 0.3) is 0 Å². The Morgan fingerprint density at radius 3 is 2.92 bits per heavy atom. The van der Waals surface area contributed by atoms with Gasteiger partial charge in [-0.3, -0.25) is 4.57 Å². The number of rotatable bonds is 4. The molecule has 1 N–H and O–H groups in total. The second-order valence-electron chi connectivity index (χ2n) is 6.29. The van der Waals surface area contributed by atoms with Gasteiger partial charge in [-0.15, -0.1) is 0 Å². The summed E-state index contributed by atoms with van der Waals surface area (Å²) in [5.41, 5.74) is 1.28. The number of hydrogen-bond donors (Lipinski definition) is 1. The Kier molecular flexibility index (Phi) is 4.75. The third-order valence-corrected chi connectivity index (χ3v) is 4.51. The zero-order valence-electron chi connectivity index (χ0n) is 14.2. The van der Waals surface area contributed by atoms with Gasteiger partial charge in [-0.25, -0.2) is 9.37 Å². The largest absolute Gasteiger partial charge is 0.364 e. The van der Waals surface area contributed by atoms with Crippen LogP contribution < -0.4 is 5.32 Å². The minimum absolute atomic E-state index is 0.172. The second kappa shape index (κ2) is 7.33. The minimum atomic E-state index is -0.857. The fourth-order valence-electron chi connectivity index (χ4n) is 3.16. The lowest BCUT2D eigenvalue weighted by atomic mass is 10.2. The van der Waals surface area contributed by atoms with Crippen LogP contribution in [0, 0.1) is 11.9 Å². The van der Waals surface area contributed by atoms with Crippen molar-refractivity contribution in [1.82, 2.24) is 19.5 Å². The Morgan fingerprint density at radius 2 is 2.04 bits per heavy atom. The zero-order valence-corrected chi connectivity index (χ0v) is 14.2. The number of ether oxygens (including phenoxy) is 1. The van der Waals surface area contributed by atoms with Crippen LogP contribution >= 0.6 is 0 Å². The Balaban J connectivity index is 1.64. The summed E-state index contributed by atoms with van der Waals surface area (Å²) in [5.74, 6) is -0.0914. The third kappa shape index (κ3) is 3.37. The van der Waals surface area contributed by atoms with Gasteiger partial charge < -0.3 is 10.1 Å². The fraction of sp³-hybridized carbons (Fsp3) is 0.389. The summed E-state index contributed by atoms with van der Waals surface area (Å²) in [7, 11) is 0. The van der Waals surface area contributed by atoms with E-state index in [1.54, 1.807) is 29.1 Å². The predicted octanol–water partition coefficient (Wildman–Crippen LogP) is 3.81. The molecule has 1 fully saturated rings. The van der Waals surface area contributed by atoms with Crippen molar-refractivity contribution in [3.05, 3.63) is 48.1 Å². The highest BCUT2D eigenvalue weighted by Gasteiger charge is 2.20. The SMILES string of the molecule is Fc1nc(NCc2ccccc2F)c2ncn(C3CCCCCO3)c2n1. The number of hydrogen-bond acceptors (Lipinski definition) is 5. The van der Waals surface area contributed by atoms with Crippen LogP contribution in [0.15, 0.2) is 30.6 Å². The van der Waals surface area contributed by atoms with Gasteiger partial charge in [-0.05, 0) is 25.3 Å². The molecule has 0 amide bonds. The molecule has 3 aromatic rings. The molecule has 4 rings (SSSR count). The molecule has 3 heterocycles. The standard InChI is InChI=1S/C18H19F2N5O/c19-13-7-4-3-6-12(13)10-21-16-15-17(24-18(20)23-16)25(11-22-15)14-8-2-1-5-9-26-14/h3-4,6-7,11,14H,1-2,5,8-10H2,(H,21,23,24). The van der Waals surface area contributed by atoms with Crippen LogP contribution in [0.2, 0.25) is 0 Å². The van der Waals surface area contributed by atoms with Crippen LogP contribution in [0.1, 0.15) is 37.5 Å². The molecule has 1 aliphatic heterocycles. The van der Waals surface area contributed by atoms with Crippen molar-refractivity contribution < 1.29 is 13.5 Å². The van der Waals surface area contributed by atoms with Gasteiger partial charge in [-0.2, -0.15) is 14.4 Å². The molecule has 136 valence electrons. The molecular formula is C18H19F2N5O. The molecule has 0 spiro atoms. The van der Waals surface area contributed by atoms with E-state index in [-0.39, 0.29) is 24.4 Å². The normalized spacial score (nSPS) is 18.0. The predicted molar refractivity (Wildman–Crippen MR) is 92.5 cm³/mol. The minimum Gasteiger partial charge on any atom is -0.364 e. The van der Waals surface area contributed by atoms with Crippen LogP contribution in [0.25, 0.3) is 11.2 Å². The number of benzene rings is 1. The molecule has 0 aliphatic carbocycles. The smallest absolute Gasteiger partial charge is 0.312 e. The first-order chi connectivity index (χ1) is 12.7. The molecule has 1 atom stereocenters. The lowest BCUT2D eigenvalue weighted by molar-refractivity contribution is 0.00928. The van der Waals surface area contributed by atoms with Gasteiger partial charge >= 0.3 is 6.08 Å². The number of nitrogens with zero attached hydrogens (tertiary/aromatic N) is 4. The van der Waals surface area contributed by atoms with E-state index < -0.39 is 6.08 Å². The molecule has 6 nitrogen and oxygen atoms in total. The van der Waals surface area contributed by atoms with E-state index in [1.165, 1.54) is 6.07 Å². The van der Waals surface area contributed by atoms with Crippen LogP contribution in [0.5, 0.6) is 0 Å². The lowest BCUT2D eigenvalue weighted by Gasteiger charge is -2.17. The molecule has 1 unspecified atom stereocenters. The van der Waals surface area contributed by atoms with Gasteiger partial charge in [-0.1, -0.05) is 24.6 Å². The van der Waals surface area contributed by atoms with E-state index in [0.717, 1.165) is 25.7 Å². The number of aromatic nitrogens is 4. The summed E-state index contributed by atoms with van der Waals surface area (Å²) in [6.45, 7) is 0.835. The van der Waals surface area contributed by atoms with Crippen molar-refractivity contribution in [3.8, 4) is 0 Å². The zero-order chi connectivity index (χ0) is 17.9. The summed E-state index contributed by atoms with van der Waals surface area (Å²) >= 11 is 0. The van der Waals surface area contributed by atoms with E-state index in [1.807, 2.05) is 0 Å². The molecule has 1 aliphatic rings. The third-order valence-electron chi connectivity index (χ3n) is 4.51. The summed E-state index contributed by atoms with van der Waals surface area (Å²) < 4.78 is 35.4. The van der Waals surface area contributed by atoms with E-state index in [0.29, 0.717) is 23.3 Å². The van der Waals surface area contributed by atoms with Crippen LogP contribution in [-0.2, 0) is 11.3 Å². The molecule has 0 radical (unpaired) electrons. The Hall–Kier alpha value is -2.61. The van der Waals surface area contributed by atoms with Gasteiger partial charge in [0.05, 0.1) is 6.33 Å². The number of fused-ring (bicyclic) bond motifs is 1. The number of imidazole rings is 1. The molecule has 1 saturated heterocycles. The molecular weight excluding hydrogens is 340 g/mol. The van der Waals surface area contributed by atoms with Crippen LogP contribution in [-0.4, -0.2) is 26.1 Å². The van der Waals surface area contributed by atoms with E-state index in [2.05, 4.69) is 20.3 Å². The number of nitrogens with one attached hydrogen (secondary N) is 1. The van der Waals surface area contributed by atoms with Crippen molar-refractivity contribution in [2.45, 2.75) is 38.5 Å². The van der Waals surface area contributed by atoms with Crippen molar-refractivity contribution in [3.63, 3.8) is 0 Å². The first kappa shape index (κ1) is 16.8. The first-order valence-electron chi connectivity index (χ1n) is 8.71. The second-order valence-corrected chi connectivity index (χ2v) is 6.29. The topological polar surface area (TPSA) is 64.9 Å². The molecule has 8 heteroatoms. The highest BCUT2D eigenvalue weighted by molar-refractivity contribution is 5.82. The van der Waals surface area contributed by atoms with Crippen LogP contribution in [0.3, 0.4) is 0 Å². The quantitative estimate of drug-likeness (QED) is 0.718. The lowest BCUT2D eigenvalue weighted by Crippen LogP contribution is -2.12. The van der Waals surface area contributed by atoms with E-state index in [4.69, 9.17) is 4.74 Å². The number of halogens is 2. The van der Waals surface area contributed by atoms with Gasteiger partial charge in [0.1, 0.15) is 12.0 Å². The monoisotopic (exact) mass is 359 g/mol. The molecule has 0 saturated carbocycles. The molecule has 1 aromatic carbocycles. The highest BCUT2D eigenvalue weighted by Crippen LogP contribution is 2.27. The van der Waals surface area contributed by atoms with Gasteiger partial charge in [0.2, 0.25) is 0 Å². The highest BCUT2D eigenvalue weighted by atomic mass is 19.1. The van der Waals surface area contributed by atoms with Gasteiger partial charge in [0.15, 0.2) is 17.0 Å². The van der Waals surface area contributed by atoms with Gasteiger partial charge in [0, 0.05) is 18.7 Å². The Bertz CT molecular complexity index is 906. The molecule has 26 heavy (non-hydrogen) atoms. The van der Waals surface area contributed by atoms with Crippen molar-refractivity contribution in [2.75, 3.05) is 11.9 Å². The Labute approximate surface area is 149 Å². The average Bonchev–Trinajstić information content (AvgIpc) is 2.87. The molecule has 2 aromatic heterocycles. The average molecular weight is 359 g/mol.